The minimum absolute atomic E-state index is 0.312. The first-order chi connectivity index (χ1) is 8.33. The van der Waals surface area contributed by atoms with Crippen LogP contribution in [0.25, 0.3) is 0 Å². The maximum absolute atomic E-state index is 9.26. The Morgan fingerprint density at radius 2 is 2.29 bits per heavy atom. The number of anilines is 1. The molecule has 1 aromatic rings. The quantitative estimate of drug-likeness (QED) is 0.820. The predicted octanol–water partition coefficient (Wildman–Crippen LogP) is 1.91. The lowest BCUT2D eigenvalue weighted by molar-refractivity contribution is 0.199. The van der Waals surface area contributed by atoms with E-state index in [0.29, 0.717) is 24.3 Å². The Morgan fingerprint density at radius 1 is 1.47 bits per heavy atom. The first-order valence-electron chi connectivity index (χ1n) is 6.18. The molecule has 1 aliphatic carbocycles. The summed E-state index contributed by atoms with van der Waals surface area (Å²) in [5.41, 5.74) is 1.03. The van der Waals surface area contributed by atoms with Gasteiger partial charge >= 0.3 is 0 Å². The van der Waals surface area contributed by atoms with E-state index in [-0.39, 0.29) is 0 Å². The van der Waals surface area contributed by atoms with Crippen molar-refractivity contribution in [3.8, 4) is 5.88 Å². The molecule has 1 aliphatic rings. The summed E-state index contributed by atoms with van der Waals surface area (Å²) in [4.78, 5) is 4.07. The molecule has 1 fully saturated rings. The fourth-order valence-electron chi connectivity index (χ4n) is 2.50. The number of pyridine rings is 1. The van der Waals surface area contributed by atoms with Crippen molar-refractivity contribution in [3.63, 3.8) is 0 Å². The molecule has 0 radical (unpaired) electrons. The summed E-state index contributed by atoms with van der Waals surface area (Å²) < 4.78 is 5.08. The molecule has 2 N–H and O–H groups in total. The predicted molar refractivity (Wildman–Crippen MR) is 67.2 cm³/mol. The summed E-state index contributed by atoms with van der Waals surface area (Å²) in [6, 6.07) is 3.83. The molecule has 0 amide bonds. The molecule has 1 saturated carbocycles. The van der Waals surface area contributed by atoms with Crippen LogP contribution in [0.1, 0.15) is 19.3 Å². The van der Waals surface area contributed by atoms with Gasteiger partial charge in [-0.15, -0.1) is 0 Å². The normalized spacial score (nSPS) is 23.6. The zero-order chi connectivity index (χ0) is 12.1. The number of hydrogen-bond donors (Lipinski definition) is 2. The second-order valence-electron chi connectivity index (χ2n) is 4.60. The summed E-state index contributed by atoms with van der Waals surface area (Å²) in [5, 5.41) is 12.7. The van der Waals surface area contributed by atoms with Gasteiger partial charge in [0.2, 0.25) is 5.88 Å². The summed E-state index contributed by atoms with van der Waals surface area (Å²) in [6.07, 6.45) is 5.33. The second kappa shape index (κ2) is 5.87. The second-order valence-corrected chi connectivity index (χ2v) is 4.60. The lowest BCUT2D eigenvalue weighted by Crippen LogP contribution is -2.20. The molecular formula is C13H20N2O2. The van der Waals surface area contributed by atoms with E-state index < -0.39 is 0 Å². The van der Waals surface area contributed by atoms with Crippen LogP contribution in [0.5, 0.6) is 5.88 Å². The van der Waals surface area contributed by atoms with E-state index in [2.05, 4.69) is 10.3 Å². The van der Waals surface area contributed by atoms with Gasteiger partial charge in [0.15, 0.2) is 0 Å². The van der Waals surface area contributed by atoms with Crippen LogP contribution in [-0.2, 0) is 0 Å². The number of aromatic nitrogens is 1. The van der Waals surface area contributed by atoms with Crippen LogP contribution in [0, 0.1) is 11.8 Å². The van der Waals surface area contributed by atoms with Gasteiger partial charge in [-0.1, -0.05) is 6.42 Å². The number of methoxy groups -OCH3 is 1. The van der Waals surface area contributed by atoms with Crippen molar-refractivity contribution in [1.29, 1.82) is 0 Å². The molecule has 2 atom stereocenters. The van der Waals surface area contributed by atoms with Gasteiger partial charge in [-0.3, -0.25) is 0 Å². The Morgan fingerprint density at radius 3 is 3.06 bits per heavy atom. The minimum atomic E-state index is 0.312. The molecule has 0 spiro atoms. The van der Waals surface area contributed by atoms with Crippen LogP contribution in [0.15, 0.2) is 18.3 Å². The number of nitrogens with zero attached hydrogens (tertiary/aromatic N) is 1. The third-order valence-corrected chi connectivity index (χ3v) is 3.56. The van der Waals surface area contributed by atoms with E-state index in [9.17, 15) is 5.11 Å². The highest BCUT2D eigenvalue weighted by molar-refractivity contribution is 5.44. The molecule has 4 heteroatoms. The Labute approximate surface area is 102 Å². The van der Waals surface area contributed by atoms with Crippen molar-refractivity contribution in [2.45, 2.75) is 19.3 Å². The molecule has 17 heavy (non-hydrogen) atoms. The molecule has 0 aliphatic heterocycles. The highest BCUT2D eigenvalue weighted by atomic mass is 16.5. The van der Waals surface area contributed by atoms with Gasteiger partial charge in [-0.05, 0) is 30.7 Å². The molecule has 2 unspecified atom stereocenters. The topological polar surface area (TPSA) is 54.4 Å². The Balaban J connectivity index is 1.88. The summed E-state index contributed by atoms with van der Waals surface area (Å²) in [5.74, 6) is 1.67. The van der Waals surface area contributed by atoms with E-state index >= 15 is 0 Å². The van der Waals surface area contributed by atoms with Crippen LogP contribution >= 0.6 is 0 Å². The van der Waals surface area contributed by atoms with Gasteiger partial charge in [0.1, 0.15) is 0 Å². The smallest absolute Gasteiger partial charge is 0.214 e. The fourth-order valence-corrected chi connectivity index (χ4v) is 2.50. The number of aliphatic hydroxyl groups excluding tert-OH is 1. The van der Waals surface area contributed by atoms with Crippen molar-refractivity contribution in [2.75, 3.05) is 25.6 Å². The van der Waals surface area contributed by atoms with Crippen LogP contribution in [0.3, 0.4) is 0 Å². The van der Waals surface area contributed by atoms with Gasteiger partial charge in [-0.2, -0.15) is 0 Å². The van der Waals surface area contributed by atoms with E-state index in [1.165, 1.54) is 12.8 Å². The van der Waals surface area contributed by atoms with Gasteiger partial charge in [-0.25, -0.2) is 4.98 Å². The van der Waals surface area contributed by atoms with Crippen LogP contribution in [-0.4, -0.2) is 30.4 Å². The monoisotopic (exact) mass is 236 g/mol. The Kier molecular flexibility index (Phi) is 4.20. The van der Waals surface area contributed by atoms with Gasteiger partial charge in [0.25, 0.3) is 0 Å². The highest BCUT2D eigenvalue weighted by Crippen LogP contribution is 2.31. The van der Waals surface area contributed by atoms with Crippen molar-refractivity contribution in [1.82, 2.24) is 4.98 Å². The summed E-state index contributed by atoms with van der Waals surface area (Å²) >= 11 is 0. The van der Waals surface area contributed by atoms with Crippen molar-refractivity contribution in [2.24, 2.45) is 11.8 Å². The van der Waals surface area contributed by atoms with Crippen LogP contribution < -0.4 is 10.1 Å². The van der Waals surface area contributed by atoms with Gasteiger partial charge in [0.05, 0.1) is 7.11 Å². The first kappa shape index (κ1) is 12.2. The summed E-state index contributed by atoms with van der Waals surface area (Å²) in [7, 11) is 1.62. The van der Waals surface area contributed by atoms with Gasteiger partial charge < -0.3 is 15.2 Å². The number of aliphatic hydroxyl groups is 1. The number of hydrogen-bond acceptors (Lipinski definition) is 4. The maximum Gasteiger partial charge on any atom is 0.214 e. The molecule has 0 bridgehead atoms. The Hall–Kier alpha value is -1.29. The van der Waals surface area contributed by atoms with Crippen molar-refractivity contribution < 1.29 is 9.84 Å². The standard InChI is InChI=1S/C13H20N2O2/c1-17-13-7-12(5-6-14-13)15-8-10-3-2-4-11(10)9-16/h5-7,10-11,16H,2-4,8-9H2,1H3,(H,14,15). The van der Waals surface area contributed by atoms with Crippen molar-refractivity contribution >= 4 is 5.69 Å². The maximum atomic E-state index is 9.26. The first-order valence-corrected chi connectivity index (χ1v) is 6.18. The molecule has 0 saturated heterocycles. The number of ether oxygens (including phenoxy) is 1. The van der Waals surface area contributed by atoms with E-state index in [1.54, 1.807) is 13.3 Å². The SMILES string of the molecule is COc1cc(NCC2CCCC2CO)ccn1. The lowest BCUT2D eigenvalue weighted by Gasteiger charge is -2.18. The fraction of sp³-hybridized carbons (Fsp3) is 0.615. The molecule has 0 aromatic carbocycles. The average Bonchev–Trinajstić information content (AvgIpc) is 2.84. The van der Waals surface area contributed by atoms with Crippen LogP contribution in [0.2, 0.25) is 0 Å². The largest absolute Gasteiger partial charge is 0.481 e. The molecule has 94 valence electrons. The van der Waals surface area contributed by atoms with Gasteiger partial charge in [0, 0.05) is 31.1 Å². The molecule has 2 rings (SSSR count). The van der Waals surface area contributed by atoms with E-state index in [1.807, 2.05) is 12.1 Å². The Bertz CT molecular complexity index is 357. The molecule has 4 nitrogen and oxygen atoms in total. The molecule has 1 heterocycles. The lowest BCUT2D eigenvalue weighted by atomic mass is 9.97. The van der Waals surface area contributed by atoms with Crippen molar-refractivity contribution in [3.05, 3.63) is 18.3 Å². The summed E-state index contributed by atoms with van der Waals surface area (Å²) in [6.45, 7) is 1.23. The number of rotatable bonds is 5. The van der Waals surface area contributed by atoms with E-state index in [0.717, 1.165) is 18.7 Å². The third kappa shape index (κ3) is 3.09. The molecular weight excluding hydrogens is 216 g/mol. The molecule has 1 aromatic heterocycles. The average molecular weight is 236 g/mol. The minimum Gasteiger partial charge on any atom is -0.481 e. The zero-order valence-corrected chi connectivity index (χ0v) is 10.2. The highest BCUT2D eigenvalue weighted by Gasteiger charge is 2.26. The van der Waals surface area contributed by atoms with Crippen LogP contribution in [0.4, 0.5) is 5.69 Å². The van der Waals surface area contributed by atoms with E-state index in [4.69, 9.17) is 4.74 Å². The zero-order valence-electron chi connectivity index (χ0n) is 10.2. The number of nitrogens with one attached hydrogen (secondary N) is 1. The third-order valence-electron chi connectivity index (χ3n) is 3.56.